The second kappa shape index (κ2) is 51.0. The van der Waals surface area contributed by atoms with Gasteiger partial charge in [0, 0.05) is 85.6 Å². The van der Waals surface area contributed by atoms with Crippen molar-refractivity contribution in [1.29, 1.82) is 0 Å². The summed E-state index contributed by atoms with van der Waals surface area (Å²) in [5, 5.41) is 57.0. The largest absolute Gasteiger partial charge is 0.481 e. The van der Waals surface area contributed by atoms with Crippen molar-refractivity contribution in [3.05, 3.63) is 63.3 Å². The Balaban J connectivity index is 1.91. The van der Waals surface area contributed by atoms with Crippen molar-refractivity contribution in [3.63, 3.8) is 0 Å². The Kier molecular flexibility index (Phi) is 42.8. The number of ketones is 4. The minimum Gasteiger partial charge on any atom is -0.481 e. The summed E-state index contributed by atoms with van der Waals surface area (Å²) in [5.74, 6) is -29.4. The maximum Gasteiger partial charge on any atom is 0.329 e. The number of aromatic nitrogens is 1. The highest BCUT2D eigenvalue weighted by molar-refractivity contribution is 6.37. The first-order valence-electron chi connectivity index (χ1n) is 38.8. The number of aliphatic hydroxyl groups excluding tert-OH is 1. The minimum atomic E-state index is -2.38. The first-order chi connectivity index (χ1) is 56.4. The van der Waals surface area contributed by atoms with Crippen molar-refractivity contribution in [3.8, 4) is 0 Å². The van der Waals surface area contributed by atoms with Crippen molar-refractivity contribution in [1.82, 2.24) is 58.2 Å². The van der Waals surface area contributed by atoms with Crippen LogP contribution in [0.4, 0.5) is 5.69 Å². The number of esters is 1. The van der Waals surface area contributed by atoms with Gasteiger partial charge in [0.2, 0.25) is 65.0 Å². The highest BCUT2D eigenvalue weighted by atomic mass is 35.5. The van der Waals surface area contributed by atoms with Crippen LogP contribution in [0.15, 0.2) is 36.5 Å². The number of aliphatic hydroxyl groups is 1. The van der Waals surface area contributed by atoms with Gasteiger partial charge in [-0.2, -0.15) is 0 Å². The van der Waals surface area contributed by atoms with Crippen LogP contribution in [0.5, 0.6) is 0 Å². The quantitative estimate of drug-likeness (QED) is 0.0122. The van der Waals surface area contributed by atoms with E-state index < -0.39 is 262 Å². The van der Waals surface area contributed by atoms with Crippen LogP contribution in [0.3, 0.4) is 0 Å². The molecule has 1 aliphatic heterocycles. The van der Waals surface area contributed by atoms with Gasteiger partial charge in [0.05, 0.1) is 67.2 Å². The standard InChI is InChI=1S/C78H107Cl2N13O26/c1-8-10-12-13-14-15-16-18-64(102)88-55(23-45-32-83-52-20-19-40(3)21-49(45)52)76(114)90-54(31-63(81)101)61(99)24-44(26-68(107)108)72(110)93-69-43(6)119-78(116)56(30-59(97)50-27-47(79)28-51(80)70(50)82-7)91-74(112)48(41(4)22-67(105)106)29-62(100)57(35-94)89-66(104)33-84-75(113)58(37-118-39-96)92-71(109)42(5)86-73(111)46(36-117-38-95)25-60(98)53(17-11-9-2)87-65(103)34-85-77(69)115/h19-21,27-28,32,38-39,41-44,46,48,53-58,69,82-83,94H,8-18,22-26,29-31,33-37H2,1-7H3,(H2,81,101)(H,84,113)(H,85,115)(H,86,111)(H,87,103)(H,88,102)(H,89,104)(H,90,114)(H,91,112)(H,92,109)(H,93,110)(H,105,106)(H,107,108)/t41-,42-,43-,44+,46+,48+,53+,54-,55+,56+,57-,58+,69+/m1/s1. The number of aryl methyl sites for hydroxylation is 1. The molecule has 0 aliphatic carbocycles. The molecule has 2 heterocycles. The molecule has 0 saturated carbocycles. The number of ether oxygens (including phenoxy) is 3. The fourth-order valence-electron chi connectivity index (χ4n) is 12.9. The maximum atomic E-state index is 15.1. The molecule has 1 aromatic heterocycles. The van der Waals surface area contributed by atoms with Crippen molar-refractivity contribution in [2.24, 2.45) is 29.4 Å². The first-order valence-corrected chi connectivity index (χ1v) is 39.6. The number of aliphatic carboxylic acids is 2. The predicted octanol–water partition coefficient (Wildman–Crippen LogP) is 0.573. The molecule has 17 N–H and O–H groups in total. The van der Waals surface area contributed by atoms with Crippen molar-refractivity contribution in [2.45, 2.75) is 218 Å². The minimum absolute atomic E-state index is 0.00120. The van der Waals surface area contributed by atoms with E-state index in [1.165, 1.54) is 20.0 Å². The summed E-state index contributed by atoms with van der Waals surface area (Å²) in [7, 11) is 1.34. The Hall–Kier alpha value is -11.5. The number of aromatic amines is 1. The summed E-state index contributed by atoms with van der Waals surface area (Å²) < 4.78 is 15.3. The summed E-state index contributed by atoms with van der Waals surface area (Å²) in [4.78, 5) is 278. The van der Waals surface area contributed by atoms with Crippen molar-refractivity contribution in [2.75, 3.05) is 45.3 Å². The van der Waals surface area contributed by atoms with E-state index in [0.717, 1.165) is 57.6 Å². The van der Waals surface area contributed by atoms with Gasteiger partial charge in [0.25, 0.3) is 12.9 Å². The van der Waals surface area contributed by atoms with Gasteiger partial charge in [-0.15, -0.1) is 0 Å². The molecule has 2 aromatic carbocycles. The molecule has 41 heteroatoms. The summed E-state index contributed by atoms with van der Waals surface area (Å²) in [6.45, 7) is 3.54. The normalized spacial score (nSPS) is 21.0. The van der Waals surface area contributed by atoms with E-state index in [2.05, 4.69) is 70.4 Å². The van der Waals surface area contributed by atoms with Crippen molar-refractivity contribution >= 4 is 159 Å². The fourth-order valence-corrected chi connectivity index (χ4v) is 13.5. The topological polar surface area (TPSA) is 604 Å². The number of Topliss-reactive ketones (excluding diaryl/α,β-unsaturated/α-hetero) is 4. The van der Waals surface area contributed by atoms with Crippen LogP contribution in [0.25, 0.3) is 10.9 Å². The number of hydrogen-bond acceptors (Lipinski definition) is 25. The fraction of sp³-hybridized carbons (Fsp3) is 0.564. The number of cyclic esters (lactones) is 1. The van der Waals surface area contributed by atoms with E-state index in [-0.39, 0.29) is 59.9 Å². The Morgan fingerprint density at radius 2 is 1.28 bits per heavy atom. The molecule has 1 saturated heterocycles. The van der Waals surface area contributed by atoms with Gasteiger partial charge in [0.1, 0.15) is 55.6 Å². The number of nitrogens with one attached hydrogen (secondary N) is 12. The second-order valence-electron chi connectivity index (χ2n) is 29.0. The molecule has 11 amide bonds. The van der Waals surface area contributed by atoms with E-state index in [4.69, 9.17) is 43.1 Å². The number of rotatable bonds is 39. The predicted molar refractivity (Wildman–Crippen MR) is 424 cm³/mol. The van der Waals surface area contributed by atoms with Crippen LogP contribution in [-0.4, -0.2) is 234 Å². The number of amides is 11. The Labute approximate surface area is 695 Å². The van der Waals surface area contributed by atoms with E-state index >= 15 is 4.79 Å². The maximum absolute atomic E-state index is 15.1. The van der Waals surface area contributed by atoms with E-state index in [0.29, 0.717) is 35.7 Å². The van der Waals surface area contributed by atoms with Crippen LogP contribution in [0, 0.1) is 30.6 Å². The van der Waals surface area contributed by atoms with E-state index in [9.17, 15) is 106 Å². The lowest BCUT2D eigenvalue weighted by molar-refractivity contribution is -0.156. The summed E-state index contributed by atoms with van der Waals surface area (Å²) in [6.07, 6.45) is -1.58. The number of anilines is 1. The molecule has 13 atom stereocenters. The van der Waals surface area contributed by atoms with Crippen LogP contribution in [0.2, 0.25) is 10.0 Å². The second-order valence-corrected chi connectivity index (χ2v) is 29.8. The molecule has 654 valence electrons. The molecule has 0 radical (unpaired) electrons. The zero-order valence-corrected chi connectivity index (χ0v) is 68.7. The number of carboxylic acid groups (broad SMARTS) is 2. The molecule has 1 fully saturated rings. The third kappa shape index (κ3) is 33.8. The monoisotopic (exact) mass is 1710 g/mol. The number of benzene rings is 2. The Morgan fingerprint density at radius 1 is 0.664 bits per heavy atom. The van der Waals surface area contributed by atoms with E-state index in [1.54, 1.807) is 19.2 Å². The highest BCUT2D eigenvalue weighted by Crippen LogP contribution is 2.32. The summed E-state index contributed by atoms with van der Waals surface area (Å²) >= 11 is 12.8. The van der Waals surface area contributed by atoms with Gasteiger partial charge in [-0.1, -0.05) is 107 Å². The highest BCUT2D eigenvalue weighted by Gasteiger charge is 2.41. The summed E-state index contributed by atoms with van der Waals surface area (Å²) in [6, 6.07) is -7.19. The number of unbranched alkanes of at least 4 members (excludes halogenated alkanes) is 7. The molecule has 39 nitrogen and oxygen atoms in total. The molecule has 0 unspecified atom stereocenters. The lowest BCUT2D eigenvalue weighted by Crippen LogP contribution is -2.57. The zero-order chi connectivity index (χ0) is 88.8. The molecule has 4 rings (SSSR count). The van der Waals surface area contributed by atoms with Crippen molar-refractivity contribution < 1.29 is 125 Å². The number of hydrogen-bond donors (Lipinski definition) is 16. The smallest absolute Gasteiger partial charge is 0.329 e. The molecular formula is C78H107Cl2N13O26. The number of primary amides is 1. The number of carbonyl (C=O) groups excluding carboxylic acids is 18. The van der Waals surface area contributed by atoms with Gasteiger partial charge in [-0.05, 0) is 69.4 Å². The molecule has 1 aliphatic rings. The molecule has 0 bridgehead atoms. The number of carbonyl (C=O) groups is 20. The number of halogens is 2. The average molecular weight is 1710 g/mol. The molecule has 3 aromatic rings. The van der Waals surface area contributed by atoms with Gasteiger partial charge in [0.15, 0.2) is 23.1 Å². The zero-order valence-electron chi connectivity index (χ0n) is 67.2. The Morgan fingerprint density at radius 3 is 1.90 bits per heavy atom. The van der Waals surface area contributed by atoms with Crippen LogP contribution in [-0.2, 0) is 112 Å². The van der Waals surface area contributed by atoms with Crippen LogP contribution >= 0.6 is 23.2 Å². The third-order valence-electron chi connectivity index (χ3n) is 19.5. The summed E-state index contributed by atoms with van der Waals surface area (Å²) in [5.41, 5.74) is 7.31. The SMILES string of the molecule is CCCCCCCCCC(=O)N[C@@H](Cc1c[nH]c2ccc(C)cc12)C(=O)N[C@H](CC(N)=O)C(=O)C[C@@H](CC(=O)O)C(=O)N[C@@H]1C(=O)NCC(=O)N[C@@H](CCCC)C(=O)C[C@@H](COC=O)C(=O)N[C@H](C)C(=O)N[C@@H](COC=O)C(=O)NCC(=O)N[C@H](CO)C(=O)C[C@@H]([C@H](C)CC(=O)O)C(=O)N[C@@H](CC(=O)c2cc(Cl)cc(Cl)c2NC)C(=O)O[C@@H]1C. The third-order valence-corrected chi connectivity index (χ3v) is 20.0. The van der Waals surface area contributed by atoms with E-state index in [1.807, 2.05) is 19.1 Å². The number of carboxylic acids is 2. The van der Waals surface area contributed by atoms with Gasteiger partial charge in [-0.3, -0.25) is 91.1 Å². The Bertz CT molecular complexity index is 4160. The van der Waals surface area contributed by atoms with Gasteiger partial charge in [-0.25, -0.2) is 4.79 Å². The molecular weight excluding hydrogens is 1610 g/mol. The molecule has 119 heavy (non-hydrogen) atoms. The number of H-pyrrole nitrogens is 1. The lowest BCUT2D eigenvalue weighted by atomic mass is 9.84. The van der Waals surface area contributed by atoms with Gasteiger partial charge >= 0.3 is 17.9 Å². The lowest BCUT2D eigenvalue weighted by Gasteiger charge is -2.29. The van der Waals surface area contributed by atoms with Crippen LogP contribution in [0.1, 0.15) is 172 Å². The van der Waals surface area contributed by atoms with Crippen LogP contribution < -0.4 is 64.2 Å². The molecule has 0 spiro atoms. The average Bonchev–Trinajstić information content (AvgIpc) is 1.75. The number of fused-ring (bicyclic) bond motifs is 1. The number of nitrogens with two attached hydrogens (primary N) is 1. The van der Waals surface area contributed by atoms with Gasteiger partial charge < -0.3 is 98.7 Å². The first kappa shape index (κ1) is 99.9.